The Balaban J connectivity index is 1.52. The number of nitrogens with zero attached hydrogens (tertiary/aromatic N) is 4. The van der Waals surface area contributed by atoms with Crippen LogP contribution in [0, 0.1) is 6.92 Å². The molecule has 0 atom stereocenters. The van der Waals surface area contributed by atoms with Crippen LogP contribution in [-0.4, -0.2) is 57.9 Å². The van der Waals surface area contributed by atoms with E-state index in [9.17, 15) is 4.79 Å². The van der Waals surface area contributed by atoms with Gasteiger partial charge in [0.05, 0.1) is 6.54 Å². The van der Waals surface area contributed by atoms with Crippen molar-refractivity contribution in [2.75, 3.05) is 26.2 Å². The number of carbonyl (C=O) groups excluding carboxylic acids is 1. The number of hydrogen-bond acceptors (Lipinski definition) is 6. The standard InChI is InChI=1S/C19H26N4O3/c1-14-5-7-15(8-6-14)17-21-20-16(25-17)13-22-9-11-23(12-10-22)18(24)26-19(2,3)4/h5-8H,9-13H2,1-4H3. The van der Waals surface area contributed by atoms with Gasteiger partial charge in [0, 0.05) is 31.7 Å². The second-order valence-electron chi connectivity index (χ2n) is 7.61. The molecule has 1 amide bonds. The molecule has 0 spiro atoms. The molecule has 1 fully saturated rings. The number of rotatable bonds is 3. The fourth-order valence-corrected chi connectivity index (χ4v) is 2.74. The summed E-state index contributed by atoms with van der Waals surface area (Å²) in [5.74, 6) is 1.12. The highest BCUT2D eigenvalue weighted by Crippen LogP contribution is 2.19. The van der Waals surface area contributed by atoms with Crippen LogP contribution in [-0.2, 0) is 11.3 Å². The number of benzene rings is 1. The van der Waals surface area contributed by atoms with Crippen molar-refractivity contribution in [2.24, 2.45) is 0 Å². The highest BCUT2D eigenvalue weighted by molar-refractivity contribution is 5.68. The van der Waals surface area contributed by atoms with Gasteiger partial charge in [-0.25, -0.2) is 4.79 Å². The van der Waals surface area contributed by atoms with Crippen LogP contribution in [0.15, 0.2) is 28.7 Å². The molecule has 2 aromatic rings. The fourth-order valence-electron chi connectivity index (χ4n) is 2.74. The number of piperazine rings is 1. The van der Waals surface area contributed by atoms with E-state index in [2.05, 4.69) is 15.1 Å². The molecule has 0 bridgehead atoms. The predicted octanol–water partition coefficient (Wildman–Crippen LogP) is 3.10. The number of amides is 1. The summed E-state index contributed by atoms with van der Waals surface area (Å²) in [6.45, 7) is 11.0. The first-order chi connectivity index (χ1) is 12.3. The smallest absolute Gasteiger partial charge is 0.410 e. The zero-order chi connectivity index (χ0) is 18.7. The van der Waals surface area contributed by atoms with Gasteiger partial charge >= 0.3 is 6.09 Å². The normalized spacial score (nSPS) is 15.9. The Morgan fingerprint density at radius 3 is 2.38 bits per heavy atom. The third-order valence-corrected chi connectivity index (χ3v) is 4.15. The molecule has 0 N–H and O–H groups in total. The van der Waals surface area contributed by atoms with E-state index in [0.717, 1.165) is 18.7 Å². The van der Waals surface area contributed by atoms with Crippen molar-refractivity contribution >= 4 is 6.09 Å². The lowest BCUT2D eigenvalue weighted by Crippen LogP contribution is -2.49. The molecule has 1 aliphatic heterocycles. The molecule has 1 aromatic heterocycles. The molecule has 2 heterocycles. The lowest BCUT2D eigenvalue weighted by Gasteiger charge is -2.34. The number of aromatic nitrogens is 2. The molecule has 1 aliphatic rings. The van der Waals surface area contributed by atoms with E-state index in [4.69, 9.17) is 9.15 Å². The maximum atomic E-state index is 12.1. The Kier molecular flexibility index (Phi) is 5.27. The van der Waals surface area contributed by atoms with Gasteiger partial charge in [0.1, 0.15) is 5.60 Å². The summed E-state index contributed by atoms with van der Waals surface area (Å²) in [7, 11) is 0. The van der Waals surface area contributed by atoms with Crippen LogP contribution in [0.4, 0.5) is 4.79 Å². The first-order valence-corrected chi connectivity index (χ1v) is 8.90. The van der Waals surface area contributed by atoms with Crippen molar-refractivity contribution in [3.8, 4) is 11.5 Å². The Morgan fingerprint density at radius 2 is 1.77 bits per heavy atom. The van der Waals surface area contributed by atoms with E-state index in [1.54, 1.807) is 4.90 Å². The minimum Gasteiger partial charge on any atom is -0.444 e. The van der Waals surface area contributed by atoms with Crippen LogP contribution in [0.1, 0.15) is 32.2 Å². The van der Waals surface area contributed by atoms with Crippen molar-refractivity contribution in [1.82, 2.24) is 20.0 Å². The van der Waals surface area contributed by atoms with E-state index >= 15 is 0 Å². The summed E-state index contributed by atoms with van der Waals surface area (Å²) in [6.07, 6.45) is -0.253. The summed E-state index contributed by atoms with van der Waals surface area (Å²) in [5.41, 5.74) is 1.64. The van der Waals surface area contributed by atoms with E-state index < -0.39 is 5.60 Å². The third kappa shape index (κ3) is 4.82. The van der Waals surface area contributed by atoms with E-state index in [0.29, 0.717) is 31.4 Å². The van der Waals surface area contributed by atoms with Crippen LogP contribution < -0.4 is 0 Å². The molecule has 0 radical (unpaired) electrons. The first kappa shape index (κ1) is 18.4. The fraction of sp³-hybridized carbons (Fsp3) is 0.526. The SMILES string of the molecule is Cc1ccc(-c2nnc(CN3CCN(C(=O)OC(C)(C)C)CC3)o2)cc1. The molecular formula is C19H26N4O3. The maximum Gasteiger partial charge on any atom is 0.410 e. The van der Waals surface area contributed by atoms with Crippen molar-refractivity contribution in [3.63, 3.8) is 0 Å². The van der Waals surface area contributed by atoms with Gasteiger partial charge in [0.2, 0.25) is 11.8 Å². The van der Waals surface area contributed by atoms with Crippen molar-refractivity contribution in [2.45, 2.75) is 39.8 Å². The average molecular weight is 358 g/mol. The average Bonchev–Trinajstić information content (AvgIpc) is 3.03. The molecule has 1 saturated heterocycles. The molecule has 140 valence electrons. The van der Waals surface area contributed by atoms with Crippen LogP contribution in [0.25, 0.3) is 11.5 Å². The van der Waals surface area contributed by atoms with Crippen molar-refractivity contribution in [3.05, 3.63) is 35.7 Å². The molecule has 1 aromatic carbocycles. The largest absolute Gasteiger partial charge is 0.444 e. The van der Waals surface area contributed by atoms with Crippen molar-refractivity contribution < 1.29 is 13.9 Å². The zero-order valence-electron chi connectivity index (χ0n) is 15.9. The van der Waals surface area contributed by atoms with Gasteiger partial charge in [-0.3, -0.25) is 4.90 Å². The monoisotopic (exact) mass is 358 g/mol. The van der Waals surface area contributed by atoms with Crippen LogP contribution in [0.5, 0.6) is 0 Å². The van der Waals surface area contributed by atoms with E-state index in [-0.39, 0.29) is 6.09 Å². The number of ether oxygens (including phenoxy) is 1. The summed E-state index contributed by atoms with van der Waals surface area (Å²) in [6, 6.07) is 8.00. The molecule has 7 heteroatoms. The molecule has 26 heavy (non-hydrogen) atoms. The van der Waals surface area contributed by atoms with Gasteiger partial charge in [-0.2, -0.15) is 0 Å². The van der Waals surface area contributed by atoms with Crippen molar-refractivity contribution in [1.29, 1.82) is 0 Å². The Morgan fingerprint density at radius 1 is 1.12 bits per heavy atom. The van der Waals surface area contributed by atoms with Gasteiger partial charge in [0.25, 0.3) is 0 Å². The van der Waals surface area contributed by atoms with Gasteiger partial charge < -0.3 is 14.1 Å². The predicted molar refractivity (Wildman–Crippen MR) is 97.6 cm³/mol. The molecule has 3 rings (SSSR count). The minimum atomic E-state index is -0.468. The summed E-state index contributed by atoms with van der Waals surface area (Å²) >= 11 is 0. The Labute approximate surface area is 153 Å². The Bertz CT molecular complexity index is 741. The molecule has 0 aliphatic carbocycles. The number of aryl methyl sites for hydroxylation is 1. The highest BCUT2D eigenvalue weighted by atomic mass is 16.6. The second-order valence-corrected chi connectivity index (χ2v) is 7.61. The number of carbonyl (C=O) groups is 1. The minimum absolute atomic E-state index is 0.253. The van der Waals surface area contributed by atoms with Crippen LogP contribution >= 0.6 is 0 Å². The first-order valence-electron chi connectivity index (χ1n) is 8.90. The van der Waals surface area contributed by atoms with Crippen LogP contribution in [0.2, 0.25) is 0 Å². The number of hydrogen-bond donors (Lipinski definition) is 0. The Hall–Kier alpha value is -2.41. The third-order valence-electron chi connectivity index (χ3n) is 4.15. The van der Waals surface area contributed by atoms with Gasteiger partial charge in [-0.15, -0.1) is 10.2 Å². The van der Waals surface area contributed by atoms with E-state index in [1.807, 2.05) is 52.0 Å². The maximum absolute atomic E-state index is 12.1. The molecular weight excluding hydrogens is 332 g/mol. The van der Waals surface area contributed by atoms with Gasteiger partial charge in [-0.05, 0) is 39.8 Å². The van der Waals surface area contributed by atoms with E-state index in [1.165, 1.54) is 5.56 Å². The summed E-state index contributed by atoms with van der Waals surface area (Å²) in [4.78, 5) is 16.1. The van der Waals surface area contributed by atoms with Gasteiger partial charge in [0.15, 0.2) is 0 Å². The molecule has 7 nitrogen and oxygen atoms in total. The molecule has 0 unspecified atom stereocenters. The lowest BCUT2D eigenvalue weighted by molar-refractivity contribution is 0.0133. The summed E-state index contributed by atoms with van der Waals surface area (Å²) in [5, 5.41) is 8.29. The molecule has 0 saturated carbocycles. The quantitative estimate of drug-likeness (QED) is 0.840. The van der Waals surface area contributed by atoms with Crippen LogP contribution in [0.3, 0.4) is 0 Å². The zero-order valence-corrected chi connectivity index (χ0v) is 15.9. The lowest BCUT2D eigenvalue weighted by atomic mass is 10.1. The summed E-state index contributed by atoms with van der Waals surface area (Å²) < 4.78 is 11.2. The van der Waals surface area contributed by atoms with Gasteiger partial charge in [-0.1, -0.05) is 17.7 Å². The topological polar surface area (TPSA) is 71.7 Å². The second kappa shape index (κ2) is 7.45. The highest BCUT2D eigenvalue weighted by Gasteiger charge is 2.26.